The Bertz CT molecular complexity index is 1060. The molecule has 8 heteroatoms. The van der Waals surface area contributed by atoms with Crippen LogP contribution in [0.1, 0.15) is 42.5 Å². The Kier molecular flexibility index (Phi) is 5.08. The minimum Gasteiger partial charge on any atom is -0.478 e. The van der Waals surface area contributed by atoms with Gasteiger partial charge in [0, 0.05) is 24.7 Å². The van der Waals surface area contributed by atoms with Crippen LogP contribution >= 0.6 is 0 Å². The molecule has 1 saturated carbocycles. The minimum absolute atomic E-state index is 0.108. The summed E-state index contributed by atoms with van der Waals surface area (Å²) < 4.78 is 7.59. The second-order valence-electron chi connectivity index (χ2n) is 8.10. The van der Waals surface area contributed by atoms with Gasteiger partial charge in [0.15, 0.2) is 0 Å². The number of ether oxygens (including phenoxy) is 1. The van der Waals surface area contributed by atoms with Crippen LogP contribution in [-0.2, 0) is 4.74 Å². The van der Waals surface area contributed by atoms with Gasteiger partial charge in [-0.25, -0.2) is 14.5 Å². The van der Waals surface area contributed by atoms with Crippen molar-refractivity contribution >= 4 is 22.7 Å². The summed E-state index contributed by atoms with van der Waals surface area (Å²) in [5, 5.41) is 14.4. The Balaban J connectivity index is 1.51. The Labute approximate surface area is 174 Å². The van der Waals surface area contributed by atoms with E-state index >= 15 is 0 Å². The lowest BCUT2D eigenvalue weighted by atomic mass is 9.84. The molecule has 156 valence electrons. The number of nitrogens with zero attached hydrogens (tertiary/aromatic N) is 5. The molecule has 1 aliphatic heterocycles. The molecule has 0 bridgehead atoms. The average molecular weight is 407 g/mol. The fourth-order valence-corrected chi connectivity index (χ4v) is 4.59. The van der Waals surface area contributed by atoms with Crippen LogP contribution in [0.2, 0.25) is 0 Å². The number of carboxylic acid groups (broad SMARTS) is 1. The van der Waals surface area contributed by atoms with Crippen LogP contribution in [0.15, 0.2) is 36.7 Å². The van der Waals surface area contributed by atoms with E-state index in [0.29, 0.717) is 18.5 Å². The summed E-state index contributed by atoms with van der Waals surface area (Å²) in [6, 6.07) is 7.92. The molecule has 0 amide bonds. The van der Waals surface area contributed by atoms with Crippen LogP contribution in [0, 0.1) is 5.92 Å². The highest BCUT2D eigenvalue weighted by atomic mass is 16.5. The third-order valence-corrected chi connectivity index (χ3v) is 6.17. The van der Waals surface area contributed by atoms with Crippen molar-refractivity contribution in [1.29, 1.82) is 0 Å². The summed E-state index contributed by atoms with van der Waals surface area (Å²) in [5.41, 5.74) is 0.919. The standard InChI is InChI=1S/C22H25N5O3/c28-21(29)16-12-23-27(13-16)22-24-18-9-5-4-8-17(18)20(25-22)26-10-11-30-19(14-26)15-6-2-1-3-7-15/h4-5,8-9,12-13,15,19H,1-3,6-7,10-11,14H2,(H,28,29). The summed E-state index contributed by atoms with van der Waals surface area (Å²) in [5.74, 6) is 0.813. The third-order valence-electron chi connectivity index (χ3n) is 6.17. The quantitative estimate of drug-likeness (QED) is 0.709. The zero-order valence-electron chi connectivity index (χ0n) is 16.8. The number of fused-ring (bicyclic) bond motifs is 1. The van der Waals surface area contributed by atoms with Crippen LogP contribution < -0.4 is 4.90 Å². The number of benzene rings is 1. The first-order valence-electron chi connectivity index (χ1n) is 10.6. The highest BCUT2D eigenvalue weighted by Gasteiger charge is 2.30. The van der Waals surface area contributed by atoms with E-state index in [1.165, 1.54) is 49.2 Å². The van der Waals surface area contributed by atoms with Crippen LogP contribution in [0.5, 0.6) is 0 Å². The third kappa shape index (κ3) is 3.63. The fraction of sp³-hybridized carbons (Fsp3) is 0.455. The van der Waals surface area contributed by atoms with Gasteiger partial charge in [0.1, 0.15) is 5.82 Å². The lowest BCUT2D eigenvalue weighted by molar-refractivity contribution is -0.00931. The van der Waals surface area contributed by atoms with Gasteiger partial charge < -0.3 is 14.7 Å². The van der Waals surface area contributed by atoms with Gasteiger partial charge in [0.05, 0.1) is 30.0 Å². The predicted octanol–water partition coefficient (Wildman–Crippen LogP) is 3.30. The van der Waals surface area contributed by atoms with E-state index in [0.717, 1.165) is 29.8 Å². The minimum atomic E-state index is -1.02. The monoisotopic (exact) mass is 407 g/mol. The topological polar surface area (TPSA) is 93.4 Å². The first-order valence-corrected chi connectivity index (χ1v) is 10.6. The molecule has 1 unspecified atom stereocenters. The van der Waals surface area contributed by atoms with Crippen LogP contribution in [-0.4, -0.2) is 56.6 Å². The molecule has 1 aliphatic carbocycles. The summed E-state index contributed by atoms with van der Waals surface area (Å²) >= 11 is 0. The van der Waals surface area contributed by atoms with Crippen molar-refractivity contribution in [3.63, 3.8) is 0 Å². The molecule has 8 nitrogen and oxygen atoms in total. The van der Waals surface area contributed by atoms with Crippen molar-refractivity contribution in [1.82, 2.24) is 19.7 Å². The SMILES string of the molecule is O=C(O)c1cnn(-c2nc(N3CCOC(C4CCCCC4)C3)c3ccccc3n2)c1. The molecule has 1 aromatic carbocycles. The zero-order valence-corrected chi connectivity index (χ0v) is 16.8. The lowest BCUT2D eigenvalue weighted by Gasteiger charge is -2.39. The zero-order chi connectivity index (χ0) is 20.5. The fourth-order valence-electron chi connectivity index (χ4n) is 4.59. The van der Waals surface area contributed by atoms with Crippen LogP contribution in [0.3, 0.4) is 0 Å². The Morgan fingerprint density at radius 2 is 1.97 bits per heavy atom. The number of hydrogen-bond donors (Lipinski definition) is 1. The molecule has 1 saturated heterocycles. The van der Waals surface area contributed by atoms with E-state index in [4.69, 9.17) is 9.72 Å². The summed E-state index contributed by atoms with van der Waals surface area (Å²) in [6.07, 6.45) is 9.36. The van der Waals surface area contributed by atoms with Gasteiger partial charge in [0.2, 0.25) is 0 Å². The maximum Gasteiger partial charge on any atom is 0.338 e. The Morgan fingerprint density at radius 1 is 1.13 bits per heavy atom. The normalized spacial score (nSPS) is 20.5. The Hall–Kier alpha value is -3.00. The smallest absolute Gasteiger partial charge is 0.338 e. The average Bonchev–Trinajstić information content (AvgIpc) is 3.30. The Morgan fingerprint density at radius 3 is 2.77 bits per heavy atom. The van der Waals surface area contributed by atoms with Gasteiger partial charge in [-0.2, -0.15) is 10.1 Å². The molecular formula is C22H25N5O3. The highest BCUT2D eigenvalue weighted by molar-refractivity contribution is 5.90. The van der Waals surface area contributed by atoms with Crippen LogP contribution in [0.4, 0.5) is 5.82 Å². The highest BCUT2D eigenvalue weighted by Crippen LogP contribution is 2.32. The largest absolute Gasteiger partial charge is 0.478 e. The molecular weight excluding hydrogens is 382 g/mol. The van der Waals surface area contributed by atoms with Crippen molar-refractivity contribution < 1.29 is 14.6 Å². The number of carboxylic acids is 1. The molecule has 3 aromatic rings. The number of rotatable bonds is 4. The van der Waals surface area contributed by atoms with Crippen molar-refractivity contribution in [3.8, 4) is 5.95 Å². The van der Waals surface area contributed by atoms with Gasteiger partial charge in [-0.05, 0) is 30.9 Å². The number of carbonyl (C=O) groups is 1. The predicted molar refractivity (Wildman–Crippen MR) is 112 cm³/mol. The molecule has 1 atom stereocenters. The van der Waals surface area contributed by atoms with E-state index in [2.05, 4.69) is 15.0 Å². The van der Waals surface area contributed by atoms with Crippen molar-refractivity contribution in [2.45, 2.75) is 38.2 Å². The molecule has 1 N–H and O–H groups in total. The second-order valence-corrected chi connectivity index (χ2v) is 8.10. The van der Waals surface area contributed by atoms with E-state index in [9.17, 15) is 9.90 Å². The second kappa shape index (κ2) is 8.02. The van der Waals surface area contributed by atoms with E-state index in [-0.39, 0.29) is 11.7 Å². The summed E-state index contributed by atoms with van der Waals surface area (Å²) in [7, 11) is 0. The molecule has 2 fully saturated rings. The summed E-state index contributed by atoms with van der Waals surface area (Å²) in [4.78, 5) is 23.0. The lowest BCUT2D eigenvalue weighted by Crippen LogP contribution is -2.46. The first-order chi connectivity index (χ1) is 14.7. The molecule has 2 aromatic heterocycles. The van der Waals surface area contributed by atoms with Crippen molar-refractivity contribution in [2.75, 3.05) is 24.6 Å². The number of para-hydroxylation sites is 1. The molecule has 0 spiro atoms. The van der Waals surface area contributed by atoms with Gasteiger partial charge in [-0.3, -0.25) is 0 Å². The van der Waals surface area contributed by atoms with Crippen molar-refractivity contribution in [2.24, 2.45) is 5.92 Å². The number of hydrogen-bond acceptors (Lipinski definition) is 6. The van der Waals surface area contributed by atoms with E-state index in [1.807, 2.05) is 24.3 Å². The summed E-state index contributed by atoms with van der Waals surface area (Å²) in [6.45, 7) is 2.26. The van der Waals surface area contributed by atoms with Gasteiger partial charge in [0.25, 0.3) is 5.95 Å². The maximum atomic E-state index is 11.2. The van der Waals surface area contributed by atoms with Gasteiger partial charge in [-0.15, -0.1) is 0 Å². The van der Waals surface area contributed by atoms with Gasteiger partial charge in [-0.1, -0.05) is 31.4 Å². The molecule has 3 heterocycles. The molecule has 0 radical (unpaired) electrons. The number of anilines is 1. The van der Waals surface area contributed by atoms with Gasteiger partial charge >= 0.3 is 5.97 Å². The van der Waals surface area contributed by atoms with E-state index < -0.39 is 5.97 Å². The first kappa shape index (κ1) is 19.0. The molecule has 5 rings (SSSR count). The van der Waals surface area contributed by atoms with E-state index in [1.54, 1.807) is 0 Å². The van der Waals surface area contributed by atoms with Crippen molar-refractivity contribution in [3.05, 3.63) is 42.2 Å². The number of morpholine rings is 1. The molecule has 2 aliphatic rings. The number of aromatic nitrogens is 4. The maximum absolute atomic E-state index is 11.2. The molecule has 30 heavy (non-hydrogen) atoms. The van der Waals surface area contributed by atoms with Crippen LogP contribution in [0.25, 0.3) is 16.9 Å². The number of aromatic carboxylic acids is 1.